The summed E-state index contributed by atoms with van der Waals surface area (Å²) >= 11 is 0. The van der Waals surface area contributed by atoms with Gasteiger partial charge in [-0.05, 0) is 106 Å². The number of fused-ring (bicyclic) bond motifs is 9. The van der Waals surface area contributed by atoms with Gasteiger partial charge >= 0.3 is 0 Å². The van der Waals surface area contributed by atoms with Crippen molar-refractivity contribution >= 4 is 65.4 Å². The molecule has 16 rings (SSSR count). The van der Waals surface area contributed by atoms with Crippen molar-refractivity contribution in [3.05, 3.63) is 291 Å². The SMILES string of the molecule is c1ccc2c(c1)c1ccccc1n2-c1ccc(-c2ccc(-c3nc(-c4ccc(-c5ccc(-n6c7ccccc7c7ccccc76)cc5)cc4)nc(-c4ccc(-c5ccc(-n6c7ccccc7c7ccccc76)cc5)cc4)n3)cc2)cc1. The first kappa shape index (κ1) is 46.2. The van der Waals surface area contributed by atoms with Crippen molar-refractivity contribution in [3.63, 3.8) is 0 Å². The lowest BCUT2D eigenvalue weighted by molar-refractivity contribution is 1.07. The van der Waals surface area contributed by atoms with E-state index >= 15 is 0 Å². The molecule has 6 nitrogen and oxygen atoms in total. The smallest absolute Gasteiger partial charge is 0.164 e. The van der Waals surface area contributed by atoms with Crippen molar-refractivity contribution in [2.45, 2.75) is 0 Å². The molecule has 0 aliphatic carbocycles. The van der Waals surface area contributed by atoms with Crippen LogP contribution in [0.25, 0.3) is 150 Å². The van der Waals surface area contributed by atoms with Gasteiger partial charge in [0.1, 0.15) is 0 Å². The van der Waals surface area contributed by atoms with Gasteiger partial charge in [0, 0.05) is 66.1 Å². The van der Waals surface area contributed by atoms with Gasteiger partial charge in [-0.3, -0.25) is 0 Å². The molecule has 4 heterocycles. The average molecular weight is 1030 g/mol. The van der Waals surface area contributed by atoms with Gasteiger partial charge in [-0.2, -0.15) is 0 Å². The zero-order valence-corrected chi connectivity index (χ0v) is 43.9. The lowest BCUT2D eigenvalue weighted by Crippen LogP contribution is -2.00. The molecule has 0 fully saturated rings. The second-order valence-electron chi connectivity index (χ2n) is 20.8. The van der Waals surface area contributed by atoms with E-state index in [1.165, 1.54) is 65.4 Å². The van der Waals surface area contributed by atoms with Crippen LogP contribution in [0.3, 0.4) is 0 Å². The zero-order valence-electron chi connectivity index (χ0n) is 43.9. The Balaban J connectivity index is 0.723. The van der Waals surface area contributed by atoms with Crippen LogP contribution in [0.15, 0.2) is 291 Å². The molecular formula is C75H48N6. The summed E-state index contributed by atoms with van der Waals surface area (Å²) in [4.78, 5) is 15.6. The van der Waals surface area contributed by atoms with Crippen molar-refractivity contribution in [1.82, 2.24) is 28.7 Å². The molecule has 0 saturated carbocycles. The number of benzene rings is 12. The minimum Gasteiger partial charge on any atom is -0.309 e. The van der Waals surface area contributed by atoms with Gasteiger partial charge in [0.05, 0.1) is 33.1 Å². The Hall–Kier alpha value is -11.0. The van der Waals surface area contributed by atoms with Crippen LogP contribution in [0, 0.1) is 0 Å². The largest absolute Gasteiger partial charge is 0.309 e. The van der Waals surface area contributed by atoms with Crippen molar-refractivity contribution in [2.75, 3.05) is 0 Å². The maximum Gasteiger partial charge on any atom is 0.164 e. The average Bonchev–Trinajstić information content (AvgIpc) is 4.41. The standard InChI is InChI=1S/C75H48N6/c1-7-19-67-61(13-1)62-14-2-8-20-68(62)79(67)58-43-37-52(38-44-58)49-25-31-55(32-26-49)73-76-74(56-33-27-50(28-34-56)53-39-45-59(46-40-53)80-69-21-9-3-15-63(69)64-16-4-10-22-70(64)80)78-75(77-73)57-35-29-51(30-36-57)54-41-47-60(48-42-54)81-71-23-11-5-17-65(71)66-18-6-12-24-72(66)81/h1-48H. The summed E-state index contributed by atoms with van der Waals surface area (Å²) in [5, 5.41) is 7.51. The molecule has 0 aliphatic rings. The number of hydrogen-bond acceptors (Lipinski definition) is 3. The number of hydrogen-bond donors (Lipinski definition) is 0. The Labute approximate surface area is 467 Å². The molecule has 16 aromatic rings. The van der Waals surface area contributed by atoms with Crippen LogP contribution in [0.1, 0.15) is 0 Å². The molecule has 0 saturated heterocycles. The zero-order chi connectivity index (χ0) is 53.4. The van der Waals surface area contributed by atoms with E-state index in [0.717, 1.165) is 67.1 Å². The number of rotatable bonds is 9. The van der Waals surface area contributed by atoms with Gasteiger partial charge < -0.3 is 13.7 Å². The van der Waals surface area contributed by atoms with E-state index in [9.17, 15) is 0 Å². The highest BCUT2D eigenvalue weighted by atomic mass is 15.0. The highest BCUT2D eigenvalue weighted by Crippen LogP contribution is 2.37. The van der Waals surface area contributed by atoms with Crippen LogP contribution in [0.4, 0.5) is 0 Å². The normalized spacial score (nSPS) is 11.7. The van der Waals surface area contributed by atoms with Crippen molar-refractivity contribution in [2.24, 2.45) is 0 Å². The first-order valence-electron chi connectivity index (χ1n) is 27.5. The summed E-state index contributed by atoms with van der Waals surface area (Å²) in [7, 11) is 0. The molecule has 0 atom stereocenters. The van der Waals surface area contributed by atoms with Gasteiger partial charge in [0.25, 0.3) is 0 Å². The van der Waals surface area contributed by atoms with E-state index in [1.54, 1.807) is 0 Å². The van der Waals surface area contributed by atoms with Gasteiger partial charge in [-0.1, -0.05) is 218 Å². The number of para-hydroxylation sites is 6. The molecule has 0 bridgehead atoms. The number of aromatic nitrogens is 6. The lowest BCUT2D eigenvalue weighted by Gasteiger charge is -2.12. The van der Waals surface area contributed by atoms with E-state index in [4.69, 9.17) is 15.0 Å². The van der Waals surface area contributed by atoms with Crippen LogP contribution in [0.5, 0.6) is 0 Å². The molecule has 6 heteroatoms. The second kappa shape index (κ2) is 18.9. The third-order valence-electron chi connectivity index (χ3n) is 16.2. The second-order valence-corrected chi connectivity index (χ2v) is 20.8. The minimum absolute atomic E-state index is 0.609. The fraction of sp³-hybridized carbons (Fsp3) is 0. The predicted octanol–water partition coefficient (Wildman–Crippen LogP) is 19.2. The van der Waals surface area contributed by atoms with Crippen LogP contribution in [0.2, 0.25) is 0 Å². The van der Waals surface area contributed by atoms with Crippen LogP contribution in [-0.4, -0.2) is 28.7 Å². The summed E-state index contributed by atoms with van der Waals surface area (Å²) in [6, 6.07) is 104. The Morgan fingerprint density at radius 2 is 0.321 bits per heavy atom. The monoisotopic (exact) mass is 1030 g/mol. The third kappa shape index (κ3) is 7.83. The Kier molecular flexibility index (Phi) is 10.8. The molecule has 0 unspecified atom stereocenters. The topological polar surface area (TPSA) is 53.5 Å². The highest BCUT2D eigenvalue weighted by molar-refractivity contribution is 6.11. The Bertz CT molecular complexity index is 4370. The Morgan fingerprint density at radius 1 is 0.160 bits per heavy atom. The molecule has 0 aliphatic heterocycles. The van der Waals surface area contributed by atoms with Gasteiger partial charge in [-0.25, -0.2) is 15.0 Å². The molecule has 0 radical (unpaired) electrons. The maximum atomic E-state index is 5.19. The Morgan fingerprint density at radius 3 is 0.519 bits per heavy atom. The fourth-order valence-corrected chi connectivity index (χ4v) is 12.2. The minimum atomic E-state index is 0.609. The first-order chi connectivity index (χ1) is 40.1. The third-order valence-corrected chi connectivity index (χ3v) is 16.2. The molecule has 4 aromatic heterocycles. The van der Waals surface area contributed by atoms with Gasteiger partial charge in [0.15, 0.2) is 17.5 Å². The van der Waals surface area contributed by atoms with E-state index in [0.29, 0.717) is 17.5 Å². The van der Waals surface area contributed by atoms with Gasteiger partial charge in [0.2, 0.25) is 0 Å². The summed E-state index contributed by atoms with van der Waals surface area (Å²) < 4.78 is 7.06. The predicted molar refractivity (Wildman–Crippen MR) is 335 cm³/mol. The van der Waals surface area contributed by atoms with E-state index < -0.39 is 0 Å². The van der Waals surface area contributed by atoms with Crippen molar-refractivity contribution in [3.8, 4) is 84.6 Å². The fourth-order valence-electron chi connectivity index (χ4n) is 12.2. The highest BCUT2D eigenvalue weighted by Gasteiger charge is 2.17. The molecule has 378 valence electrons. The summed E-state index contributed by atoms with van der Waals surface area (Å²) in [6.45, 7) is 0. The summed E-state index contributed by atoms with van der Waals surface area (Å²) in [5.74, 6) is 1.83. The van der Waals surface area contributed by atoms with Crippen LogP contribution in [-0.2, 0) is 0 Å². The van der Waals surface area contributed by atoms with Crippen molar-refractivity contribution in [1.29, 1.82) is 0 Å². The summed E-state index contributed by atoms with van der Waals surface area (Å²) in [5.41, 5.74) is 20.0. The quantitative estimate of drug-likeness (QED) is 0.145. The molecule has 0 amide bonds. The van der Waals surface area contributed by atoms with Crippen molar-refractivity contribution < 1.29 is 0 Å². The van der Waals surface area contributed by atoms with E-state index in [-0.39, 0.29) is 0 Å². The van der Waals surface area contributed by atoms with Crippen LogP contribution < -0.4 is 0 Å². The summed E-state index contributed by atoms with van der Waals surface area (Å²) in [6.07, 6.45) is 0. The van der Waals surface area contributed by atoms with E-state index in [2.05, 4.69) is 305 Å². The van der Waals surface area contributed by atoms with Gasteiger partial charge in [-0.15, -0.1) is 0 Å². The molecular weight excluding hydrogens is 985 g/mol. The molecule has 12 aromatic carbocycles. The maximum absolute atomic E-state index is 5.19. The molecule has 0 N–H and O–H groups in total. The lowest BCUT2D eigenvalue weighted by atomic mass is 10.0. The molecule has 0 spiro atoms. The van der Waals surface area contributed by atoms with E-state index in [1.807, 2.05) is 0 Å². The number of nitrogens with zero attached hydrogens (tertiary/aromatic N) is 6. The first-order valence-corrected chi connectivity index (χ1v) is 27.5. The molecule has 81 heavy (non-hydrogen) atoms. The van der Waals surface area contributed by atoms with Crippen LogP contribution >= 0.6 is 0 Å².